The smallest absolute Gasteiger partial charge is 0.415 e. The number of anilines is 1. The van der Waals surface area contributed by atoms with Gasteiger partial charge in [0.2, 0.25) is 0 Å². The summed E-state index contributed by atoms with van der Waals surface area (Å²) < 4.78 is 10.1. The molecule has 3 aliphatic heterocycles. The van der Waals surface area contributed by atoms with Gasteiger partial charge in [-0.15, -0.1) is 0 Å². The van der Waals surface area contributed by atoms with Gasteiger partial charge in [0.05, 0.1) is 37.1 Å². The predicted octanol–water partition coefficient (Wildman–Crippen LogP) is 2.16. The van der Waals surface area contributed by atoms with Gasteiger partial charge in [-0.2, -0.15) is 10.5 Å². The maximum Gasteiger partial charge on any atom is 0.415 e. The number of piperidine rings is 1. The first-order chi connectivity index (χ1) is 17.0. The molecule has 0 radical (unpaired) electrons. The lowest BCUT2D eigenvalue weighted by atomic mass is 9.95. The number of nitriles is 2. The summed E-state index contributed by atoms with van der Waals surface area (Å²) in [5.74, 6) is 0.306. The van der Waals surface area contributed by atoms with Crippen LogP contribution in [-0.2, 0) is 21.3 Å². The van der Waals surface area contributed by atoms with Crippen molar-refractivity contribution in [2.24, 2.45) is 11.8 Å². The second-order valence-electron chi connectivity index (χ2n) is 9.41. The number of benzene rings is 1. The number of hydrogen-bond acceptors (Lipinski definition) is 8. The Morgan fingerprint density at radius 3 is 2.69 bits per heavy atom. The summed E-state index contributed by atoms with van der Waals surface area (Å²) in [6, 6.07) is 12.1. The van der Waals surface area contributed by atoms with Crippen molar-refractivity contribution in [3.63, 3.8) is 0 Å². The van der Waals surface area contributed by atoms with Crippen LogP contribution in [0.3, 0.4) is 0 Å². The van der Waals surface area contributed by atoms with Crippen molar-refractivity contribution in [3.8, 4) is 23.4 Å². The minimum absolute atomic E-state index is 0.153. The minimum atomic E-state index is -0.595. The van der Waals surface area contributed by atoms with Crippen molar-refractivity contribution in [1.29, 1.82) is 10.5 Å². The third-order valence-electron chi connectivity index (χ3n) is 7.84. The maximum absolute atomic E-state index is 12.5. The summed E-state index contributed by atoms with van der Waals surface area (Å²) in [7, 11) is 1.29. The quantitative estimate of drug-likeness (QED) is 0.673. The first kappa shape index (κ1) is 21.2. The first-order valence-electron chi connectivity index (χ1n) is 11.5. The summed E-state index contributed by atoms with van der Waals surface area (Å²) in [5, 5.41) is 21.6. The Morgan fingerprint density at radius 2 is 2.03 bits per heavy atom. The number of rotatable bonds is 4. The highest BCUT2D eigenvalue weighted by atomic mass is 16.6. The van der Waals surface area contributed by atoms with Gasteiger partial charge in [0.25, 0.3) is 0 Å². The van der Waals surface area contributed by atoms with Gasteiger partial charge in [0.1, 0.15) is 11.5 Å². The van der Waals surface area contributed by atoms with E-state index in [4.69, 9.17) is 10.00 Å². The molecule has 6 rings (SSSR count). The summed E-state index contributed by atoms with van der Waals surface area (Å²) in [6.45, 7) is 1.40. The topological polar surface area (TPSA) is 132 Å². The van der Waals surface area contributed by atoms with E-state index in [-0.39, 0.29) is 24.4 Å². The Kier molecular flexibility index (Phi) is 4.61. The number of pyridine rings is 1. The van der Waals surface area contributed by atoms with Crippen LogP contribution >= 0.6 is 0 Å². The highest BCUT2D eigenvalue weighted by Gasteiger charge is 2.71. The number of aromatic nitrogens is 1. The van der Waals surface area contributed by atoms with Gasteiger partial charge < -0.3 is 19.7 Å². The monoisotopic (exact) mass is 470 g/mol. The van der Waals surface area contributed by atoms with Gasteiger partial charge >= 0.3 is 12.2 Å². The molecule has 35 heavy (non-hydrogen) atoms. The number of cyclic esters (lactones) is 1. The SMILES string of the molecule is COC(=O)NC[C@@H]1OC(=O)N2c3ccc(-c4ccc([C@@]5(C#N)[C@@H]6CN(C#N)C[C@@H]65)nc4)cc3C[C@@H]12. The van der Waals surface area contributed by atoms with E-state index in [0.717, 1.165) is 28.1 Å². The molecule has 5 atom stereocenters. The van der Waals surface area contributed by atoms with E-state index in [9.17, 15) is 14.9 Å². The van der Waals surface area contributed by atoms with E-state index < -0.39 is 23.7 Å². The van der Waals surface area contributed by atoms with Crippen LogP contribution in [0.5, 0.6) is 0 Å². The molecule has 1 aliphatic carbocycles. The van der Waals surface area contributed by atoms with Crippen molar-refractivity contribution in [1.82, 2.24) is 15.2 Å². The molecule has 2 amide bonds. The number of methoxy groups -OCH3 is 1. The van der Waals surface area contributed by atoms with Crippen LogP contribution in [0.4, 0.5) is 15.3 Å². The molecule has 2 saturated heterocycles. The molecule has 0 spiro atoms. The maximum atomic E-state index is 12.5. The number of ether oxygens (including phenoxy) is 2. The summed E-state index contributed by atoms with van der Waals surface area (Å²) in [6.07, 6.45) is 3.13. The van der Waals surface area contributed by atoms with Gasteiger partial charge in [-0.1, -0.05) is 12.1 Å². The fraction of sp³-hybridized carbons (Fsp3) is 0.400. The molecule has 0 bridgehead atoms. The number of carbonyl (C=O) groups excluding carboxylic acids is 2. The van der Waals surface area contributed by atoms with E-state index in [1.54, 1.807) is 16.0 Å². The number of nitrogens with one attached hydrogen (secondary N) is 1. The van der Waals surface area contributed by atoms with Crippen LogP contribution in [0.2, 0.25) is 0 Å². The second kappa shape index (κ2) is 7.60. The average Bonchev–Trinajstić information content (AvgIpc) is 3.25. The zero-order chi connectivity index (χ0) is 24.3. The van der Waals surface area contributed by atoms with Crippen molar-refractivity contribution in [3.05, 3.63) is 47.8 Å². The molecule has 10 heteroatoms. The number of amides is 2. The van der Waals surface area contributed by atoms with E-state index in [1.807, 2.05) is 24.3 Å². The Morgan fingerprint density at radius 1 is 1.26 bits per heavy atom. The highest BCUT2D eigenvalue weighted by Crippen LogP contribution is 2.62. The lowest BCUT2D eigenvalue weighted by Crippen LogP contribution is -2.40. The lowest BCUT2D eigenvalue weighted by Gasteiger charge is -2.17. The molecule has 4 aliphatic rings. The largest absolute Gasteiger partial charge is 0.453 e. The molecule has 1 aromatic carbocycles. The Hall–Kier alpha value is -4.31. The normalized spacial score (nSPS) is 29.4. The van der Waals surface area contributed by atoms with E-state index in [2.05, 4.69) is 33.4 Å². The summed E-state index contributed by atoms with van der Waals surface area (Å²) in [5.41, 5.74) is 3.90. The Bertz CT molecular complexity index is 1300. The van der Waals surface area contributed by atoms with Crippen LogP contribution in [-0.4, -0.2) is 61.0 Å². The summed E-state index contributed by atoms with van der Waals surface area (Å²) in [4.78, 5) is 31.9. The van der Waals surface area contributed by atoms with Crippen LogP contribution in [0.1, 0.15) is 11.3 Å². The number of fused-ring (bicyclic) bond motifs is 4. The standard InChI is InChI=1S/C25H22N6O4/c1-34-23(32)29-9-21-20-7-16-6-14(2-4-19(16)31(20)24(33)35-21)15-3-5-22(28-8-15)25(12-26)17-10-30(13-27)11-18(17)25/h2-6,8,17-18,20-21H,7,9-11H2,1H3,(H,29,32)/t17-,18+,20-,21-,25+/m0/s1. The lowest BCUT2D eigenvalue weighted by molar-refractivity contribution is 0.123. The molecule has 10 nitrogen and oxygen atoms in total. The molecule has 4 heterocycles. The van der Waals surface area contributed by atoms with Crippen LogP contribution in [0.25, 0.3) is 11.1 Å². The third kappa shape index (κ3) is 3.03. The minimum Gasteiger partial charge on any atom is -0.453 e. The molecule has 1 saturated carbocycles. The molecular weight excluding hydrogens is 448 g/mol. The van der Waals surface area contributed by atoms with Crippen LogP contribution in [0, 0.1) is 34.6 Å². The van der Waals surface area contributed by atoms with Gasteiger partial charge in [-0.05, 0) is 35.7 Å². The second-order valence-corrected chi connectivity index (χ2v) is 9.41. The fourth-order valence-electron chi connectivity index (χ4n) is 6.01. The van der Waals surface area contributed by atoms with Gasteiger partial charge in [-0.25, -0.2) is 9.59 Å². The molecule has 1 aromatic heterocycles. The molecule has 0 unspecified atom stereocenters. The molecule has 3 fully saturated rings. The third-order valence-corrected chi connectivity index (χ3v) is 7.84. The van der Waals surface area contributed by atoms with E-state index in [0.29, 0.717) is 19.5 Å². The van der Waals surface area contributed by atoms with Gasteiger partial charge in [0, 0.05) is 36.7 Å². The molecule has 1 N–H and O–H groups in total. The van der Waals surface area contributed by atoms with Crippen molar-refractivity contribution in [2.45, 2.75) is 24.0 Å². The highest BCUT2D eigenvalue weighted by molar-refractivity contribution is 5.94. The first-order valence-corrected chi connectivity index (χ1v) is 11.5. The number of hydrogen-bond donors (Lipinski definition) is 1. The van der Waals surface area contributed by atoms with Crippen LogP contribution < -0.4 is 10.2 Å². The van der Waals surface area contributed by atoms with Crippen LogP contribution in [0.15, 0.2) is 36.5 Å². The molecule has 176 valence electrons. The number of carbonyl (C=O) groups is 2. The Labute approximate surface area is 201 Å². The summed E-state index contributed by atoms with van der Waals surface area (Å²) >= 11 is 0. The number of likely N-dealkylation sites (tertiary alicyclic amines) is 1. The number of nitrogens with zero attached hydrogens (tertiary/aromatic N) is 5. The molecule has 2 aromatic rings. The Balaban J connectivity index is 1.20. The fourth-order valence-corrected chi connectivity index (χ4v) is 6.01. The van der Waals surface area contributed by atoms with E-state index >= 15 is 0 Å². The van der Waals surface area contributed by atoms with E-state index in [1.165, 1.54) is 7.11 Å². The number of alkyl carbamates (subject to hydrolysis) is 1. The van der Waals surface area contributed by atoms with Crippen molar-refractivity contribution >= 4 is 17.9 Å². The van der Waals surface area contributed by atoms with Gasteiger partial charge in [0.15, 0.2) is 6.19 Å². The zero-order valence-corrected chi connectivity index (χ0v) is 19.0. The van der Waals surface area contributed by atoms with Crippen molar-refractivity contribution in [2.75, 3.05) is 31.6 Å². The van der Waals surface area contributed by atoms with Gasteiger partial charge in [-0.3, -0.25) is 9.88 Å². The van der Waals surface area contributed by atoms with Crippen molar-refractivity contribution < 1.29 is 19.1 Å². The predicted molar refractivity (Wildman–Crippen MR) is 122 cm³/mol. The average molecular weight is 470 g/mol. The molecular formula is C25H22N6O4. The zero-order valence-electron chi connectivity index (χ0n) is 19.0.